The number of unbranched alkanes of at least 4 members (excludes halogenated alkanes) is 2. The van der Waals surface area contributed by atoms with E-state index < -0.39 is 51.9 Å². The molecule has 0 atom stereocenters. The summed E-state index contributed by atoms with van der Waals surface area (Å²) in [5.41, 5.74) is 0. The molecule has 0 amide bonds. The zero-order valence-corrected chi connectivity index (χ0v) is 13.6. The average molecular weight is 408 g/mol. The van der Waals surface area contributed by atoms with E-state index in [4.69, 9.17) is 0 Å². The Morgan fingerprint density at radius 2 is 1.16 bits per heavy atom. The van der Waals surface area contributed by atoms with Crippen LogP contribution in [0.2, 0.25) is 0 Å². The van der Waals surface area contributed by atoms with Gasteiger partial charge in [0.1, 0.15) is 0 Å². The molecule has 146 valence electrons. The minimum atomic E-state index is -7.59. The van der Waals surface area contributed by atoms with Crippen LogP contribution in [0.15, 0.2) is 0 Å². The third-order valence-electron chi connectivity index (χ3n) is 3.02. The molecule has 0 spiro atoms. The summed E-state index contributed by atoms with van der Waals surface area (Å²) in [5, 5.41) is -7.24. The molecule has 0 aliphatic heterocycles. The van der Waals surface area contributed by atoms with E-state index in [1.807, 2.05) is 0 Å². The van der Waals surface area contributed by atoms with Gasteiger partial charge in [-0.3, -0.25) is 0 Å². The summed E-state index contributed by atoms with van der Waals surface area (Å²) in [6.07, 6.45) is -2.90. The second kappa shape index (κ2) is 7.82. The maximum absolute atomic E-state index is 13.2. The number of hydrogen-bond donors (Lipinski definition) is 0. The summed E-state index contributed by atoms with van der Waals surface area (Å²) in [6, 6.07) is 0. The topological polar surface area (TPSA) is 57.2 Å². The second-order valence-electron chi connectivity index (χ2n) is 4.86. The number of hydrogen-bond acceptors (Lipinski definition) is 3. The van der Waals surface area contributed by atoms with Crippen molar-refractivity contribution in [3.63, 3.8) is 0 Å². The van der Waals surface area contributed by atoms with E-state index in [0.29, 0.717) is 0 Å². The predicted octanol–water partition coefficient (Wildman–Crippen LogP) is 1.25. The van der Waals surface area contributed by atoms with Crippen molar-refractivity contribution in [1.82, 2.24) is 0 Å². The van der Waals surface area contributed by atoms with Gasteiger partial charge in [-0.15, -0.1) is 0 Å². The second-order valence-corrected chi connectivity index (χ2v) is 6.28. The molecule has 0 saturated heterocycles. The van der Waals surface area contributed by atoms with Gasteiger partial charge in [-0.2, -0.15) is 43.9 Å². The maximum atomic E-state index is 13.2. The van der Waals surface area contributed by atoms with Crippen LogP contribution in [0, 0.1) is 0 Å². The first-order valence-electron chi connectivity index (χ1n) is 6.15. The van der Waals surface area contributed by atoms with Crippen LogP contribution in [0.1, 0.15) is 32.6 Å². The molecule has 0 unspecified atom stereocenters. The molecule has 0 radical (unpaired) electrons. The van der Waals surface area contributed by atoms with Gasteiger partial charge in [-0.25, -0.2) is 8.42 Å². The Labute approximate surface area is 148 Å². The van der Waals surface area contributed by atoms with Gasteiger partial charge in [0.25, 0.3) is 0 Å². The van der Waals surface area contributed by atoms with Crippen LogP contribution in [0.3, 0.4) is 0 Å². The normalized spacial score (nSPS) is 15.0. The van der Waals surface area contributed by atoms with E-state index in [1.165, 1.54) is 6.92 Å². The molecule has 0 fully saturated rings. The summed E-state index contributed by atoms with van der Waals surface area (Å²) in [6.45, 7) is 1.40. The molecule has 0 rings (SSSR count). The molecule has 0 aromatic rings. The van der Waals surface area contributed by atoms with Crippen molar-refractivity contribution in [3.8, 4) is 0 Å². The molecular formula is C10H11F10LiO3S. The van der Waals surface area contributed by atoms with Crippen molar-refractivity contribution in [3.05, 3.63) is 0 Å². The Hall–Kier alpha value is -0.193. The molecule has 15 heteroatoms. The van der Waals surface area contributed by atoms with E-state index in [9.17, 15) is 56.9 Å². The standard InChI is InChI=1S/C10H12F10O3S.Li/c1-2-3-4-5-6(11,12)7(13,14)8(15,16)9(17,18)10(19,20)24(21,22)23;/h2-5H2,1H3,(H,21,22,23);/q;+1/p-1. The molecular weight excluding hydrogens is 397 g/mol. The number of rotatable bonds is 9. The molecule has 0 aliphatic rings. The van der Waals surface area contributed by atoms with Gasteiger partial charge in [-0.05, 0) is 6.42 Å². The van der Waals surface area contributed by atoms with Crippen LogP contribution in [-0.2, 0) is 10.1 Å². The smallest absolute Gasteiger partial charge is 0.743 e. The first-order chi connectivity index (χ1) is 10.3. The summed E-state index contributed by atoms with van der Waals surface area (Å²) in [5.74, 6) is -28.0. The van der Waals surface area contributed by atoms with Gasteiger partial charge in [0, 0.05) is 6.42 Å². The molecule has 0 aromatic carbocycles. The van der Waals surface area contributed by atoms with E-state index in [1.54, 1.807) is 0 Å². The van der Waals surface area contributed by atoms with Crippen molar-refractivity contribution >= 4 is 10.1 Å². The minimum absolute atomic E-state index is 0. The molecule has 0 aromatic heterocycles. The summed E-state index contributed by atoms with van der Waals surface area (Å²) >= 11 is 0. The molecule has 0 heterocycles. The molecule has 0 bridgehead atoms. The molecule has 0 saturated carbocycles. The van der Waals surface area contributed by atoms with Gasteiger partial charge in [-0.1, -0.05) is 19.8 Å². The van der Waals surface area contributed by atoms with Gasteiger partial charge in [0.05, 0.1) is 0 Å². The van der Waals surface area contributed by atoms with E-state index >= 15 is 0 Å². The van der Waals surface area contributed by atoms with Crippen LogP contribution in [-0.4, -0.2) is 41.9 Å². The maximum Gasteiger partial charge on any atom is 1.00 e. The van der Waals surface area contributed by atoms with Crippen molar-refractivity contribution in [2.45, 2.75) is 61.6 Å². The molecule has 0 N–H and O–H groups in total. The fraction of sp³-hybridized carbons (Fsp3) is 1.00. The van der Waals surface area contributed by atoms with Crippen molar-refractivity contribution in [2.75, 3.05) is 0 Å². The molecule has 3 nitrogen and oxygen atoms in total. The van der Waals surface area contributed by atoms with E-state index in [-0.39, 0.29) is 31.7 Å². The first-order valence-corrected chi connectivity index (χ1v) is 7.56. The van der Waals surface area contributed by atoms with Crippen LogP contribution in [0.25, 0.3) is 0 Å². The van der Waals surface area contributed by atoms with Crippen LogP contribution < -0.4 is 18.9 Å². The van der Waals surface area contributed by atoms with Crippen molar-refractivity contribution in [1.29, 1.82) is 0 Å². The van der Waals surface area contributed by atoms with Crippen LogP contribution in [0.5, 0.6) is 0 Å². The quantitative estimate of drug-likeness (QED) is 0.250. The Morgan fingerprint density at radius 1 is 0.760 bits per heavy atom. The largest absolute Gasteiger partial charge is 1.00 e. The fourth-order valence-electron chi connectivity index (χ4n) is 1.52. The zero-order chi connectivity index (χ0) is 19.8. The van der Waals surface area contributed by atoms with E-state index in [0.717, 1.165) is 0 Å². The van der Waals surface area contributed by atoms with Crippen molar-refractivity contribution < 1.29 is 75.7 Å². The third-order valence-corrected chi connectivity index (χ3v) is 3.91. The summed E-state index contributed by atoms with van der Waals surface area (Å²) < 4.78 is 160. The van der Waals surface area contributed by atoms with E-state index in [2.05, 4.69) is 0 Å². The fourth-order valence-corrected chi connectivity index (χ4v) is 1.96. The summed E-state index contributed by atoms with van der Waals surface area (Å²) in [7, 11) is -7.56. The van der Waals surface area contributed by atoms with Crippen molar-refractivity contribution in [2.24, 2.45) is 0 Å². The summed E-state index contributed by atoms with van der Waals surface area (Å²) in [4.78, 5) is 0. The zero-order valence-electron chi connectivity index (χ0n) is 12.7. The minimum Gasteiger partial charge on any atom is -0.743 e. The van der Waals surface area contributed by atoms with Gasteiger partial charge >= 0.3 is 47.8 Å². The van der Waals surface area contributed by atoms with Gasteiger partial charge in [0.2, 0.25) is 0 Å². The SMILES string of the molecule is CCCCCC(F)(F)C(F)(F)C(F)(F)C(F)(F)C(F)(F)S(=O)(=O)[O-].[Li+]. The average Bonchev–Trinajstić information content (AvgIpc) is 2.36. The van der Waals surface area contributed by atoms with Crippen LogP contribution in [0.4, 0.5) is 43.9 Å². The number of halogens is 10. The monoisotopic (exact) mass is 408 g/mol. The molecule has 0 aliphatic carbocycles. The van der Waals surface area contributed by atoms with Gasteiger partial charge in [0.15, 0.2) is 10.1 Å². The third kappa shape index (κ3) is 4.39. The first kappa shape index (κ1) is 27.0. The Morgan fingerprint density at radius 3 is 1.48 bits per heavy atom. The Bertz CT molecular complexity index is 549. The van der Waals surface area contributed by atoms with Gasteiger partial charge < -0.3 is 4.55 Å². The number of alkyl halides is 10. The molecule has 25 heavy (non-hydrogen) atoms. The van der Waals surface area contributed by atoms with Crippen LogP contribution >= 0.6 is 0 Å². The Balaban J connectivity index is 0. The Kier molecular flexibility index (Phi) is 8.45. The predicted molar refractivity (Wildman–Crippen MR) is 58.6 cm³/mol.